The summed E-state index contributed by atoms with van der Waals surface area (Å²) in [6.45, 7) is 3.02. The van der Waals surface area contributed by atoms with Crippen LogP contribution in [0.15, 0.2) is 12.3 Å². The summed E-state index contributed by atoms with van der Waals surface area (Å²) in [6.07, 6.45) is 11.3. The normalized spacial score (nSPS) is 19.0. The van der Waals surface area contributed by atoms with E-state index in [1.807, 2.05) is 10.9 Å². The molecule has 0 amide bonds. The van der Waals surface area contributed by atoms with Crippen molar-refractivity contribution in [1.29, 1.82) is 0 Å². The predicted molar refractivity (Wildman–Crippen MR) is 73.8 cm³/mol. The average molecular weight is 250 g/mol. The van der Waals surface area contributed by atoms with E-state index in [2.05, 4.69) is 23.5 Å². The van der Waals surface area contributed by atoms with Gasteiger partial charge >= 0.3 is 0 Å². The van der Waals surface area contributed by atoms with Crippen LogP contribution in [-0.4, -0.2) is 9.78 Å². The number of aromatic nitrogens is 2. The number of aryl methyl sites for hydroxylation is 1. The molecule has 1 aromatic heterocycles. The lowest BCUT2D eigenvalue weighted by atomic mass is 9.85. The molecule has 4 heteroatoms. The van der Waals surface area contributed by atoms with Gasteiger partial charge in [0.1, 0.15) is 0 Å². The van der Waals surface area contributed by atoms with E-state index in [-0.39, 0.29) is 6.04 Å². The third-order valence-electron chi connectivity index (χ3n) is 4.20. The molecule has 18 heavy (non-hydrogen) atoms. The monoisotopic (exact) mass is 250 g/mol. The Kier molecular flexibility index (Phi) is 5.20. The van der Waals surface area contributed by atoms with Gasteiger partial charge in [0.2, 0.25) is 0 Å². The molecule has 1 aliphatic rings. The number of nitrogens with zero attached hydrogens (tertiary/aromatic N) is 2. The van der Waals surface area contributed by atoms with Gasteiger partial charge in [-0.3, -0.25) is 16.0 Å². The van der Waals surface area contributed by atoms with Crippen molar-refractivity contribution in [2.75, 3.05) is 0 Å². The van der Waals surface area contributed by atoms with Crippen molar-refractivity contribution in [3.05, 3.63) is 18.0 Å². The maximum absolute atomic E-state index is 5.71. The summed E-state index contributed by atoms with van der Waals surface area (Å²) in [5, 5.41) is 4.32. The standard InChI is InChI=1S/C14H26N4/c1-2-18-14(10-11-16-18)13(17-15)9-8-12-6-4-3-5-7-12/h10-13,17H,2-9,15H2,1H3. The van der Waals surface area contributed by atoms with Gasteiger partial charge in [0.05, 0.1) is 11.7 Å². The van der Waals surface area contributed by atoms with E-state index in [0.29, 0.717) is 0 Å². The Bertz CT molecular complexity index is 341. The molecule has 1 fully saturated rings. The second-order valence-electron chi connectivity index (χ2n) is 5.37. The zero-order valence-corrected chi connectivity index (χ0v) is 11.4. The molecule has 1 aliphatic carbocycles. The van der Waals surface area contributed by atoms with Crippen LogP contribution in [-0.2, 0) is 6.54 Å². The fraction of sp³-hybridized carbons (Fsp3) is 0.786. The fourth-order valence-electron chi connectivity index (χ4n) is 3.10. The summed E-state index contributed by atoms with van der Waals surface area (Å²) >= 11 is 0. The molecule has 0 saturated heterocycles. The number of hydrogen-bond donors (Lipinski definition) is 2. The van der Waals surface area contributed by atoms with E-state index in [0.717, 1.165) is 18.9 Å². The van der Waals surface area contributed by atoms with E-state index in [4.69, 9.17) is 5.84 Å². The SMILES string of the molecule is CCn1nccc1C(CCC1CCCCC1)NN. The zero-order chi connectivity index (χ0) is 12.8. The molecule has 0 aliphatic heterocycles. The third-order valence-corrected chi connectivity index (χ3v) is 4.20. The first-order valence-corrected chi connectivity index (χ1v) is 7.33. The van der Waals surface area contributed by atoms with Crippen molar-refractivity contribution in [3.63, 3.8) is 0 Å². The Hall–Kier alpha value is -0.870. The van der Waals surface area contributed by atoms with Gasteiger partial charge in [-0.15, -0.1) is 0 Å². The lowest BCUT2D eigenvalue weighted by molar-refractivity contribution is 0.311. The second-order valence-corrected chi connectivity index (χ2v) is 5.37. The van der Waals surface area contributed by atoms with Crippen LogP contribution in [0.1, 0.15) is 63.6 Å². The lowest BCUT2D eigenvalue weighted by Gasteiger charge is -2.24. The van der Waals surface area contributed by atoms with Crippen molar-refractivity contribution in [3.8, 4) is 0 Å². The minimum Gasteiger partial charge on any atom is -0.271 e. The minimum atomic E-state index is 0.245. The topological polar surface area (TPSA) is 55.9 Å². The quantitative estimate of drug-likeness (QED) is 0.603. The Morgan fingerprint density at radius 3 is 2.89 bits per heavy atom. The first kappa shape index (κ1) is 13.6. The van der Waals surface area contributed by atoms with Gasteiger partial charge in [0.15, 0.2) is 0 Å². The van der Waals surface area contributed by atoms with Crippen LogP contribution < -0.4 is 11.3 Å². The summed E-state index contributed by atoms with van der Waals surface area (Å²) in [4.78, 5) is 0. The molecule has 0 aromatic carbocycles. The largest absolute Gasteiger partial charge is 0.271 e. The summed E-state index contributed by atoms with van der Waals surface area (Å²) < 4.78 is 2.03. The Morgan fingerprint density at radius 1 is 1.44 bits per heavy atom. The highest BCUT2D eigenvalue weighted by Crippen LogP contribution is 2.30. The van der Waals surface area contributed by atoms with Gasteiger partial charge in [0, 0.05) is 12.7 Å². The molecule has 0 radical (unpaired) electrons. The van der Waals surface area contributed by atoms with Crippen LogP contribution in [0.25, 0.3) is 0 Å². The predicted octanol–water partition coefficient (Wildman–Crippen LogP) is 2.77. The molecule has 1 saturated carbocycles. The fourth-order valence-corrected chi connectivity index (χ4v) is 3.10. The molecule has 1 heterocycles. The number of nitrogens with two attached hydrogens (primary N) is 1. The third kappa shape index (κ3) is 3.33. The smallest absolute Gasteiger partial charge is 0.0629 e. The molecule has 102 valence electrons. The van der Waals surface area contributed by atoms with E-state index in [9.17, 15) is 0 Å². The highest BCUT2D eigenvalue weighted by molar-refractivity contribution is 5.06. The van der Waals surface area contributed by atoms with Crippen LogP contribution in [0.2, 0.25) is 0 Å². The molecule has 1 aromatic rings. The molecule has 1 unspecified atom stereocenters. The number of hydrogen-bond acceptors (Lipinski definition) is 3. The molecule has 0 spiro atoms. The average Bonchev–Trinajstić information content (AvgIpc) is 2.89. The van der Waals surface area contributed by atoms with Crippen LogP contribution in [0.4, 0.5) is 0 Å². The number of rotatable bonds is 6. The van der Waals surface area contributed by atoms with E-state index < -0.39 is 0 Å². The van der Waals surface area contributed by atoms with E-state index in [1.165, 1.54) is 44.2 Å². The van der Waals surface area contributed by atoms with Gasteiger partial charge in [-0.05, 0) is 31.7 Å². The van der Waals surface area contributed by atoms with E-state index in [1.54, 1.807) is 0 Å². The van der Waals surface area contributed by atoms with Crippen molar-refractivity contribution >= 4 is 0 Å². The van der Waals surface area contributed by atoms with E-state index >= 15 is 0 Å². The number of nitrogens with one attached hydrogen (secondary N) is 1. The van der Waals surface area contributed by atoms with Crippen molar-refractivity contribution in [1.82, 2.24) is 15.2 Å². The van der Waals surface area contributed by atoms with Crippen LogP contribution in [0, 0.1) is 5.92 Å². The van der Waals surface area contributed by atoms with Gasteiger partial charge in [-0.1, -0.05) is 32.1 Å². The first-order chi connectivity index (χ1) is 8.85. The van der Waals surface area contributed by atoms with Crippen LogP contribution in [0.3, 0.4) is 0 Å². The van der Waals surface area contributed by atoms with Gasteiger partial charge in [-0.2, -0.15) is 5.10 Å². The summed E-state index contributed by atoms with van der Waals surface area (Å²) in [5.41, 5.74) is 4.18. The van der Waals surface area contributed by atoms with Crippen molar-refractivity contribution < 1.29 is 0 Å². The van der Waals surface area contributed by atoms with Crippen LogP contribution in [0.5, 0.6) is 0 Å². The highest BCUT2D eigenvalue weighted by atomic mass is 15.3. The Labute approximate surface area is 110 Å². The van der Waals surface area contributed by atoms with Crippen molar-refractivity contribution in [2.24, 2.45) is 11.8 Å². The highest BCUT2D eigenvalue weighted by Gasteiger charge is 2.18. The molecular weight excluding hydrogens is 224 g/mol. The van der Waals surface area contributed by atoms with Crippen LogP contribution >= 0.6 is 0 Å². The van der Waals surface area contributed by atoms with Crippen molar-refractivity contribution in [2.45, 2.75) is 64.5 Å². The molecule has 1 atom stereocenters. The molecule has 3 N–H and O–H groups in total. The lowest BCUT2D eigenvalue weighted by Crippen LogP contribution is -2.30. The first-order valence-electron chi connectivity index (χ1n) is 7.33. The molecular formula is C14H26N4. The van der Waals surface area contributed by atoms with Gasteiger partial charge in [0.25, 0.3) is 0 Å². The summed E-state index contributed by atoms with van der Waals surface area (Å²) in [6, 6.07) is 2.32. The summed E-state index contributed by atoms with van der Waals surface area (Å²) in [5.74, 6) is 6.62. The Morgan fingerprint density at radius 2 is 2.22 bits per heavy atom. The molecule has 2 rings (SSSR count). The molecule has 0 bridgehead atoms. The van der Waals surface area contributed by atoms with Gasteiger partial charge < -0.3 is 0 Å². The number of hydrazine groups is 1. The Balaban J connectivity index is 1.88. The maximum Gasteiger partial charge on any atom is 0.0629 e. The maximum atomic E-state index is 5.71. The summed E-state index contributed by atoms with van der Waals surface area (Å²) in [7, 11) is 0. The minimum absolute atomic E-state index is 0.245. The zero-order valence-electron chi connectivity index (χ0n) is 11.4. The second kappa shape index (κ2) is 6.90. The molecule has 4 nitrogen and oxygen atoms in total. The van der Waals surface area contributed by atoms with Gasteiger partial charge in [-0.25, -0.2) is 0 Å².